The van der Waals surface area contributed by atoms with Crippen molar-refractivity contribution in [3.05, 3.63) is 54.6 Å². The Hall–Kier alpha value is -4.70. The third-order valence-electron chi connectivity index (χ3n) is 13.5. The predicted octanol–water partition coefficient (Wildman–Crippen LogP) is 4.54. The van der Waals surface area contributed by atoms with E-state index in [2.05, 4.69) is 34.1 Å². The lowest BCUT2D eigenvalue weighted by atomic mass is 9.96. The molecule has 4 saturated carbocycles. The van der Waals surface area contributed by atoms with Gasteiger partial charge in [-0.05, 0) is 109 Å². The molecule has 1 unspecified atom stereocenters. The number of nitrogens with one attached hydrogen (secondary N) is 3. The van der Waals surface area contributed by atoms with E-state index in [9.17, 15) is 22.8 Å². The van der Waals surface area contributed by atoms with E-state index in [4.69, 9.17) is 19.2 Å². The maximum atomic E-state index is 15.0. The summed E-state index contributed by atoms with van der Waals surface area (Å²) in [4.78, 5) is 65.6. The number of hydrogen-bond donors (Lipinski definition) is 3. The van der Waals surface area contributed by atoms with E-state index in [0.717, 1.165) is 68.7 Å². The summed E-state index contributed by atoms with van der Waals surface area (Å²) in [6, 6.07) is 5.63. The minimum Gasteiger partial charge on any atom is -0.491 e. The topological polar surface area (TPSA) is 186 Å². The fraction of sp³-hybridized carbons (Fsp3) is 0.622. The highest BCUT2D eigenvalue weighted by Gasteiger charge is 2.62. The van der Waals surface area contributed by atoms with Crippen LogP contribution in [0.3, 0.4) is 0 Å². The van der Waals surface area contributed by atoms with Crippen molar-refractivity contribution in [1.29, 1.82) is 0 Å². The number of rotatable bonds is 11. The molecule has 3 N–H and O–H groups in total. The monoisotopic (exact) mass is 860 g/mol. The van der Waals surface area contributed by atoms with E-state index in [1.807, 2.05) is 43.3 Å². The first-order chi connectivity index (χ1) is 29.4. The number of para-hydroxylation sites is 1. The van der Waals surface area contributed by atoms with Gasteiger partial charge in [0.25, 0.3) is 5.91 Å². The summed E-state index contributed by atoms with van der Waals surface area (Å²) in [6.07, 6.45) is 13.2. The van der Waals surface area contributed by atoms with Gasteiger partial charge in [0.1, 0.15) is 42.2 Å². The maximum Gasteiger partial charge on any atom is 0.408 e. The Labute approximate surface area is 358 Å². The van der Waals surface area contributed by atoms with Crippen molar-refractivity contribution in [2.45, 2.75) is 125 Å². The summed E-state index contributed by atoms with van der Waals surface area (Å²) in [7, 11) is 0.0588. The number of amides is 4. The zero-order valence-electron chi connectivity index (χ0n) is 35.3. The van der Waals surface area contributed by atoms with Gasteiger partial charge in [-0.1, -0.05) is 43.2 Å². The van der Waals surface area contributed by atoms with Crippen molar-refractivity contribution in [3.63, 3.8) is 0 Å². The van der Waals surface area contributed by atoms with Crippen molar-refractivity contribution in [2.75, 3.05) is 33.8 Å². The molecule has 330 valence electrons. The van der Waals surface area contributed by atoms with Crippen LogP contribution in [-0.2, 0) is 35.6 Å². The molecule has 2 aliphatic heterocycles. The molecule has 4 aliphatic carbocycles. The number of hydrogen-bond acceptors (Lipinski definition) is 11. The van der Waals surface area contributed by atoms with Gasteiger partial charge in [0.15, 0.2) is 0 Å². The molecule has 16 heteroatoms. The fourth-order valence-corrected chi connectivity index (χ4v) is 11.2. The number of likely N-dealkylation sites (N-methyl/N-ethyl adjacent to an activating group) is 1. The molecule has 0 radical (unpaired) electrons. The molecule has 6 aliphatic rings. The van der Waals surface area contributed by atoms with Crippen molar-refractivity contribution < 1.29 is 41.8 Å². The molecule has 1 saturated heterocycles. The second-order valence-electron chi connectivity index (χ2n) is 18.1. The third-order valence-corrected chi connectivity index (χ3v) is 15.3. The van der Waals surface area contributed by atoms with Crippen LogP contribution in [-0.4, -0.2) is 116 Å². The molecule has 1 aromatic heterocycles. The highest BCUT2D eigenvalue weighted by molar-refractivity contribution is 7.91. The van der Waals surface area contributed by atoms with E-state index < -0.39 is 68.7 Å². The van der Waals surface area contributed by atoms with Crippen molar-refractivity contribution in [3.8, 4) is 11.6 Å². The molecule has 4 amide bonds. The number of aromatic nitrogens is 1. The first-order valence-corrected chi connectivity index (χ1v) is 23.7. The fourth-order valence-electron chi connectivity index (χ4n) is 9.79. The molecule has 2 bridgehead atoms. The molecule has 61 heavy (non-hydrogen) atoms. The van der Waals surface area contributed by atoms with Gasteiger partial charge < -0.3 is 34.6 Å². The summed E-state index contributed by atoms with van der Waals surface area (Å²) >= 11 is 0. The summed E-state index contributed by atoms with van der Waals surface area (Å²) < 4.78 is 47.4. The quantitative estimate of drug-likeness (QED) is 0.270. The van der Waals surface area contributed by atoms with Crippen LogP contribution in [0.1, 0.15) is 89.0 Å². The molecular formula is C45H60N6O9S. The van der Waals surface area contributed by atoms with E-state index >= 15 is 4.79 Å². The van der Waals surface area contributed by atoms with Gasteiger partial charge in [0, 0.05) is 24.3 Å². The number of fused-ring (bicyclic) bond motifs is 5. The van der Waals surface area contributed by atoms with Crippen LogP contribution in [0.2, 0.25) is 0 Å². The summed E-state index contributed by atoms with van der Waals surface area (Å²) in [5.41, 5.74) is -0.135. The third kappa shape index (κ3) is 9.40. The molecular weight excluding hydrogens is 801 g/mol. The number of nitrogens with zero attached hydrogens (tertiary/aromatic N) is 3. The van der Waals surface area contributed by atoms with Gasteiger partial charge in [-0.3, -0.25) is 19.1 Å². The molecule has 1 aromatic carbocycles. The smallest absolute Gasteiger partial charge is 0.408 e. The second kappa shape index (κ2) is 18.0. The van der Waals surface area contributed by atoms with Crippen LogP contribution >= 0.6 is 0 Å². The summed E-state index contributed by atoms with van der Waals surface area (Å²) in [5.74, 6) is -1.40. The lowest BCUT2D eigenvalue weighted by Gasteiger charge is -2.32. The summed E-state index contributed by atoms with van der Waals surface area (Å²) in [6.45, 7) is 4.93. The van der Waals surface area contributed by atoms with Crippen molar-refractivity contribution in [1.82, 2.24) is 30.1 Å². The first-order valence-electron chi connectivity index (χ1n) is 22.2. The highest BCUT2D eigenvalue weighted by atomic mass is 32.2. The van der Waals surface area contributed by atoms with Crippen LogP contribution in [0.5, 0.6) is 11.6 Å². The van der Waals surface area contributed by atoms with Gasteiger partial charge in [-0.25, -0.2) is 18.2 Å². The van der Waals surface area contributed by atoms with Gasteiger partial charge in [0.2, 0.25) is 27.7 Å². The van der Waals surface area contributed by atoms with Gasteiger partial charge in [-0.2, -0.15) is 0 Å². The minimum atomic E-state index is -3.91. The average Bonchev–Trinajstić information content (AvgIpc) is 4.02. The number of sulfonamides is 1. The minimum absolute atomic E-state index is 0.0116. The predicted molar refractivity (Wildman–Crippen MR) is 228 cm³/mol. The number of carbonyl (C=O) groups excluding carboxylic acids is 4. The number of benzene rings is 1. The number of allylic oxidation sites excluding steroid dienone is 2. The molecule has 7 atom stereocenters. The average molecular weight is 861 g/mol. The maximum absolute atomic E-state index is 15.0. The summed E-state index contributed by atoms with van der Waals surface area (Å²) in [5, 5.41) is 6.04. The number of pyridine rings is 1. The molecule has 8 rings (SSSR count). The second-order valence-corrected chi connectivity index (χ2v) is 20.1. The molecule has 0 spiro atoms. The van der Waals surface area contributed by atoms with Crippen LogP contribution in [0.25, 0.3) is 10.9 Å². The van der Waals surface area contributed by atoms with Crippen LogP contribution in [0.4, 0.5) is 4.79 Å². The normalized spacial score (nSPS) is 30.2. The Bertz CT molecular complexity index is 2150. The van der Waals surface area contributed by atoms with Crippen molar-refractivity contribution >= 4 is 44.7 Å². The molecule has 2 aromatic rings. The van der Waals surface area contributed by atoms with E-state index in [1.165, 1.54) is 11.0 Å². The van der Waals surface area contributed by atoms with E-state index in [1.54, 1.807) is 0 Å². The van der Waals surface area contributed by atoms with Crippen molar-refractivity contribution in [2.24, 2.45) is 17.8 Å². The Kier molecular flexibility index (Phi) is 12.6. The van der Waals surface area contributed by atoms with Gasteiger partial charge >= 0.3 is 6.09 Å². The number of ether oxygens (including phenoxy) is 3. The van der Waals surface area contributed by atoms with E-state index in [0.29, 0.717) is 49.6 Å². The molecule has 15 nitrogen and oxygen atoms in total. The number of alkyl carbamates (subject to hydrolysis) is 1. The van der Waals surface area contributed by atoms with Gasteiger partial charge in [-0.15, -0.1) is 6.58 Å². The zero-order valence-corrected chi connectivity index (χ0v) is 36.1. The molecule has 5 fully saturated rings. The Morgan fingerprint density at radius 2 is 1.80 bits per heavy atom. The van der Waals surface area contributed by atoms with Crippen LogP contribution < -0.4 is 24.8 Å². The lowest BCUT2D eigenvalue weighted by molar-refractivity contribution is -0.142. The Morgan fingerprint density at radius 1 is 1.03 bits per heavy atom. The van der Waals surface area contributed by atoms with Crippen LogP contribution in [0.15, 0.2) is 49.1 Å². The zero-order chi connectivity index (χ0) is 42.9. The first kappa shape index (κ1) is 43.0. The Morgan fingerprint density at radius 3 is 2.54 bits per heavy atom. The SMILES string of the molecule is C=CC1C[C@]1(NC(=O)[C@@H]1C[C@@H]2CN1C(=O)[C@H](C1CCCC1)NC(=O)O[C@@H]1CCC[C@H]1CC/C=C/Cc1c(nc3ccccc3c1OCCN(C)C)O2)C(=O)NS(=O)(=O)C1CC1. The van der Waals surface area contributed by atoms with E-state index in [-0.39, 0.29) is 37.3 Å². The standard InChI is InChI=1S/C45H60N6O9S/c1-4-30-26-45(30,43(54)49-61(56,57)32-21-22-32)48-40(52)36-25-31-27-51(36)42(53)38(29-14-8-9-15-29)47-44(55)60-37-20-12-16-28(37)13-6-5-7-18-34-39(58-24-23-50(2)3)33-17-10-11-19-35(33)46-41(34)59-31/h4-5,7,10-11,17,19,28-32,36-38H,1,6,8-9,12-16,18,20-27H2,2-3H3,(H,47,55)(H,48,52)(H,49,54)/b7-5+/t28-,30?,31-,36+,37-,38+,45-/m1/s1. The largest absolute Gasteiger partial charge is 0.491 e. The Balaban J connectivity index is 1.16. The van der Waals surface area contributed by atoms with Crippen LogP contribution in [0, 0.1) is 17.8 Å². The highest BCUT2D eigenvalue weighted by Crippen LogP contribution is 2.46. The molecule has 3 heterocycles. The lowest BCUT2D eigenvalue weighted by Crippen LogP contribution is -2.59. The number of carbonyl (C=O) groups is 4. The van der Waals surface area contributed by atoms with Gasteiger partial charge in [0.05, 0.1) is 22.9 Å².